The number of carbonyl (C=O) groups is 1. The normalized spacial score (nSPS) is 10.9. The highest BCUT2D eigenvalue weighted by molar-refractivity contribution is 6.05. The van der Waals surface area contributed by atoms with Crippen LogP contribution in [0.1, 0.15) is 10.4 Å². The number of anilines is 1. The van der Waals surface area contributed by atoms with E-state index in [1.807, 2.05) is 0 Å². The lowest BCUT2D eigenvalue weighted by atomic mass is 10.1. The van der Waals surface area contributed by atoms with Gasteiger partial charge in [-0.15, -0.1) is 0 Å². The van der Waals surface area contributed by atoms with Crippen LogP contribution in [0.2, 0.25) is 0 Å². The molecule has 4 aromatic rings. The molecule has 28 heavy (non-hydrogen) atoms. The first-order chi connectivity index (χ1) is 13.4. The van der Waals surface area contributed by atoms with Gasteiger partial charge in [-0.2, -0.15) is 0 Å². The van der Waals surface area contributed by atoms with Crippen LogP contribution in [0.5, 0.6) is 0 Å². The smallest absolute Gasteiger partial charge is 0.270 e. The fraction of sp³-hybridized carbons (Fsp3) is 0. The number of nitrogens with one attached hydrogen (secondary N) is 1. The van der Waals surface area contributed by atoms with Crippen molar-refractivity contribution < 1.29 is 18.5 Å². The minimum atomic E-state index is -0.664. The number of halogens is 1. The van der Waals surface area contributed by atoms with E-state index in [2.05, 4.69) is 5.32 Å². The Morgan fingerprint density at radius 2 is 1.82 bits per heavy atom. The molecule has 0 saturated heterocycles. The third kappa shape index (κ3) is 2.96. The number of amides is 1. The van der Waals surface area contributed by atoms with E-state index in [1.54, 1.807) is 0 Å². The third-order valence-corrected chi connectivity index (χ3v) is 4.23. The maximum atomic E-state index is 14.0. The summed E-state index contributed by atoms with van der Waals surface area (Å²) in [4.78, 5) is 35.1. The summed E-state index contributed by atoms with van der Waals surface area (Å²) in [6.45, 7) is 0. The molecule has 3 aromatic carbocycles. The number of hydrogen-bond acceptors (Lipinski definition) is 5. The van der Waals surface area contributed by atoms with Crippen LogP contribution in [0.15, 0.2) is 69.9 Å². The van der Waals surface area contributed by atoms with Crippen LogP contribution in [0.4, 0.5) is 15.8 Å². The van der Waals surface area contributed by atoms with Crippen LogP contribution in [0, 0.1) is 15.9 Å². The molecule has 0 spiro atoms. The highest BCUT2D eigenvalue weighted by atomic mass is 19.1. The second-order valence-electron chi connectivity index (χ2n) is 6.02. The zero-order valence-corrected chi connectivity index (χ0v) is 14.1. The number of benzene rings is 3. The molecule has 1 N–H and O–H groups in total. The van der Waals surface area contributed by atoms with E-state index in [9.17, 15) is 24.1 Å². The van der Waals surface area contributed by atoms with Crippen molar-refractivity contribution in [1.29, 1.82) is 0 Å². The van der Waals surface area contributed by atoms with Crippen molar-refractivity contribution in [3.8, 4) is 0 Å². The van der Waals surface area contributed by atoms with Crippen molar-refractivity contribution in [2.45, 2.75) is 0 Å². The van der Waals surface area contributed by atoms with Crippen LogP contribution in [0.3, 0.4) is 0 Å². The molecule has 0 bridgehead atoms. The van der Waals surface area contributed by atoms with Crippen LogP contribution in [0.25, 0.3) is 21.9 Å². The van der Waals surface area contributed by atoms with Crippen molar-refractivity contribution in [3.63, 3.8) is 0 Å². The highest BCUT2D eigenvalue weighted by Crippen LogP contribution is 2.24. The predicted molar refractivity (Wildman–Crippen MR) is 101 cm³/mol. The summed E-state index contributed by atoms with van der Waals surface area (Å²) in [6.07, 6.45) is 0. The molecule has 1 amide bonds. The van der Waals surface area contributed by atoms with Gasteiger partial charge in [0, 0.05) is 29.4 Å². The zero-order valence-electron chi connectivity index (χ0n) is 14.1. The molecule has 0 aliphatic carbocycles. The second kappa shape index (κ2) is 6.58. The van der Waals surface area contributed by atoms with Gasteiger partial charge in [-0.05, 0) is 30.3 Å². The van der Waals surface area contributed by atoms with Gasteiger partial charge in [0.15, 0.2) is 11.4 Å². The van der Waals surface area contributed by atoms with Gasteiger partial charge in [0.05, 0.1) is 15.7 Å². The van der Waals surface area contributed by atoms with Gasteiger partial charge in [0.2, 0.25) is 5.43 Å². The Kier molecular flexibility index (Phi) is 4.08. The fourth-order valence-electron chi connectivity index (χ4n) is 2.88. The standard InChI is InChI=1S/C20H11FN2O5/c21-16-6-2-5-15-18(24)14-8-7-12(10-17(14)28-19(15)16)22-20(25)11-3-1-4-13(9-11)23(26)27/h1-10H,(H,22,25). The third-order valence-electron chi connectivity index (χ3n) is 4.23. The Labute approximate surface area is 156 Å². The second-order valence-corrected chi connectivity index (χ2v) is 6.02. The molecule has 0 saturated carbocycles. The lowest BCUT2D eigenvalue weighted by Gasteiger charge is -2.07. The number of non-ortho nitro benzene ring substituents is 1. The van der Waals surface area contributed by atoms with Crippen LogP contribution in [-0.2, 0) is 0 Å². The molecule has 7 nitrogen and oxygen atoms in total. The Balaban J connectivity index is 1.74. The molecule has 8 heteroatoms. The Morgan fingerprint density at radius 1 is 1.04 bits per heavy atom. The summed E-state index contributed by atoms with van der Waals surface area (Å²) in [6, 6.07) is 13.7. The van der Waals surface area contributed by atoms with Gasteiger partial charge in [-0.1, -0.05) is 12.1 Å². The number of hydrogen-bond donors (Lipinski definition) is 1. The summed E-state index contributed by atoms with van der Waals surface area (Å²) in [7, 11) is 0. The minimum absolute atomic E-state index is 0.0975. The molecule has 0 aliphatic heterocycles. The first-order valence-electron chi connectivity index (χ1n) is 8.15. The van der Waals surface area contributed by atoms with Crippen molar-refractivity contribution in [1.82, 2.24) is 0 Å². The Bertz CT molecular complexity index is 1330. The summed E-state index contributed by atoms with van der Waals surface area (Å²) in [5.41, 5.74) is -0.254. The molecule has 0 aliphatic rings. The number of nitro benzene ring substituents is 1. The summed E-state index contributed by atoms with van der Waals surface area (Å²) in [5, 5.41) is 13.8. The number of fused-ring (bicyclic) bond motifs is 2. The topological polar surface area (TPSA) is 102 Å². The van der Waals surface area contributed by atoms with E-state index in [0.717, 1.165) is 6.07 Å². The molecule has 0 unspecified atom stereocenters. The maximum Gasteiger partial charge on any atom is 0.270 e. The number of para-hydroxylation sites is 1. The van der Waals surface area contributed by atoms with Crippen molar-refractivity contribution >= 4 is 39.2 Å². The molecule has 1 aromatic heterocycles. The molecular weight excluding hydrogens is 367 g/mol. The van der Waals surface area contributed by atoms with Crippen LogP contribution < -0.4 is 10.7 Å². The number of nitrogens with zero attached hydrogens (tertiary/aromatic N) is 1. The van der Waals surface area contributed by atoms with Crippen LogP contribution in [-0.4, -0.2) is 10.8 Å². The number of carbonyl (C=O) groups excluding carboxylic acids is 1. The average molecular weight is 378 g/mol. The molecule has 0 atom stereocenters. The van der Waals surface area contributed by atoms with Gasteiger partial charge in [-0.3, -0.25) is 19.7 Å². The lowest BCUT2D eigenvalue weighted by molar-refractivity contribution is -0.384. The van der Waals surface area contributed by atoms with E-state index in [-0.39, 0.29) is 38.6 Å². The molecule has 138 valence electrons. The fourth-order valence-corrected chi connectivity index (χ4v) is 2.88. The van der Waals surface area contributed by atoms with Gasteiger partial charge in [-0.25, -0.2) is 4.39 Å². The quantitative estimate of drug-likeness (QED) is 0.326. The van der Waals surface area contributed by atoms with E-state index in [1.165, 1.54) is 54.6 Å². The van der Waals surface area contributed by atoms with E-state index in [4.69, 9.17) is 4.42 Å². The van der Waals surface area contributed by atoms with E-state index < -0.39 is 16.6 Å². The minimum Gasteiger partial charge on any atom is -0.453 e. The van der Waals surface area contributed by atoms with Gasteiger partial charge in [0.25, 0.3) is 11.6 Å². The predicted octanol–water partition coefficient (Wildman–Crippen LogP) is 4.25. The lowest BCUT2D eigenvalue weighted by Crippen LogP contribution is -2.12. The SMILES string of the molecule is O=C(Nc1ccc2c(=O)c3cccc(F)c3oc2c1)c1cccc([N+](=O)[O-])c1. The molecule has 4 rings (SSSR count). The molecule has 0 fully saturated rings. The number of rotatable bonds is 3. The van der Waals surface area contributed by atoms with E-state index in [0.29, 0.717) is 5.69 Å². The average Bonchev–Trinajstić information content (AvgIpc) is 2.69. The first kappa shape index (κ1) is 17.3. The van der Waals surface area contributed by atoms with Gasteiger partial charge < -0.3 is 9.73 Å². The monoisotopic (exact) mass is 378 g/mol. The van der Waals surface area contributed by atoms with E-state index >= 15 is 0 Å². The summed E-state index contributed by atoms with van der Waals surface area (Å²) < 4.78 is 19.5. The molecular formula is C20H11FN2O5. The largest absolute Gasteiger partial charge is 0.453 e. The Hall–Kier alpha value is -4.07. The zero-order chi connectivity index (χ0) is 19.8. The molecule has 1 heterocycles. The highest BCUT2D eigenvalue weighted by Gasteiger charge is 2.14. The summed E-state index contributed by atoms with van der Waals surface area (Å²) in [5.74, 6) is -1.24. The Morgan fingerprint density at radius 3 is 2.61 bits per heavy atom. The first-order valence-corrected chi connectivity index (χ1v) is 8.15. The van der Waals surface area contributed by atoms with Crippen molar-refractivity contribution in [2.75, 3.05) is 5.32 Å². The van der Waals surface area contributed by atoms with Crippen molar-refractivity contribution in [2.24, 2.45) is 0 Å². The van der Waals surface area contributed by atoms with Gasteiger partial charge in [0.1, 0.15) is 5.58 Å². The maximum absolute atomic E-state index is 14.0. The van der Waals surface area contributed by atoms with Gasteiger partial charge >= 0.3 is 0 Å². The number of nitro groups is 1. The summed E-state index contributed by atoms with van der Waals surface area (Å²) >= 11 is 0. The van der Waals surface area contributed by atoms with Crippen molar-refractivity contribution in [3.05, 3.63) is 92.4 Å². The molecule has 0 radical (unpaired) electrons. The van der Waals surface area contributed by atoms with Crippen LogP contribution >= 0.6 is 0 Å².